The average Bonchev–Trinajstić information content (AvgIpc) is 2.68. The highest BCUT2D eigenvalue weighted by molar-refractivity contribution is 5.99. The van der Waals surface area contributed by atoms with Crippen molar-refractivity contribution in [1.29, 1.82) is 0 Å². The van der Waals surface area contributed by atoms with Gasteiger partial charge in [0.1, 0.15) is 5.82 Å². The molecule has 2 aromatic heterocycles. The summed E-state index contributed by atoms with van der Waals surface area (Å²) in [5.74, 6) is -0.227. The van der Waals surface area contributed by atoms with E-state index in [-0.39, 0.29) is 18.4 Å². The zero-order valence-corrected chi connectivity index (χ0v) is 13.3. The first kappa shape index (κ1) is 16.3. The largest absolute Gasteiger partial charge is 0.343 e. The maximum atomic E-state index is 11.9. The van der Waals surface area contributed by atoms with Crippen molar-refractivity contribution < 1.29 is 9.59 Å². The third-order valence-corrected chi connectivity index (χ3v) is 3.44. The molecule has 2 amide bonds. The van der Waals surface area contributed by atoms with Crippen molar-refractivity contribution in [3.63, 3.8) is 0 Å². The van der Waals surface area contributed by atoms with Crippen LogP contribution in [0.15, 0.2) is 73.1 Å². The Labute approximate surface area is 145 Å². The highest BCUT2D eigenvalue weighted by Gasteiger charge is 2.08. The number of rotatable bonds is 5. The Kier molecular flexibility index (Phi) is 5.11. The second-order valence-electron chi connectivity index (χ2n) is 5.24. The second-order valence-corrected chi connectivity index (χ2v) is 5.24. The fourth-order valence-electron chi connectivity index (χ4n) is 2.19. The molecule has 3 aromatic rings. The molecule has 0 fully saturated rings. The molecule has 6 nitrogen and oxygen atoms in total. The fourth-order valence-corrected chi connectivity index (χ4v) is 2.19. The van der Waals surface area contributed by atoms with Crippen LogP contribution in [0, 0.1) is 0 Å². The number of benzene rings is 1. The van der Waals surface area contributed by atoms with Gasteiger partial charge in [-0.05, 0) is 36.4 Å². The van der Waals surface area contributed by atoms with Crippen LogP contribution in [0.1, 0.15) is 10.4 Å². The summed E-state index contributed by atoms with van der Waals surface area (Å²) in [5, 5.41) is 5.21. The standard InChI is InChI=1S/C19H16N4O2/c24-18(13-22-19(25)14-6-2-1-3-7-14)23-17-10-9-15(12-21-17)16-8-4-5-11-20-16/h1-12H,13H2,(H,22,25)(H,21,23,24). The smallest absolute Gasteiger partial charge is 0.251 e. The zero-order chi connectivity index (χ0) is 17.5. The monoisotopic (exact) mass is 332 g/mol. The van der Waals surface area contributed by atoms with Crippen molar-refractivity contribution in [2.45, 2.75) is 0 Å². The van der Waals surface area contributed by atoms with Gasteiger partial charge in [-0.15, -0.1) is 0 Å². The summed E-state index contributed by atoms with van der Waals surface area (Å²) in [6.07, 6.45) is 3.35. The molecular weight excluding hydrogens is 316 g/mol. The molecule has 0 aliphatic rings. The Morgan fingerprint density at radius 2 is 1.68 bits per heavy atom. The topological polar surface area (TPSA) is 84.0 Å². The van der Waals surface area contributed by atoms with Gasteiger partial charge in [0.05, 0.1) is 12.2 Å². The number of hydrogen-bond donors (Lipinski definition) is 2. The van der Waals surface area contributed by atoms with Gasteiger partial charge in [-0.25, -0.2) is 4.98 Å². The van der Waals surface area contributed by atoms with Crippen LogP contribution in [-0.2, 0) is 4.79 Å². The van der Waals surface area contributed by atoms with Gasteiger partial charge in [0.2, 0.25) is 5.91 Å². The minimum absolute atomic E-state index is 0.128. The molecule has 2 heterocycles. The number of pyridine rings is 2. The van der Waals surface area contributed by atoms with Crippen molar-refractivity contribution in [2.24, 2.45) is 0 Å². The Morgan fingerprint density at radius 3 is 2.36 bits per heavy atom. The first-order valence-electron chi connectivity index (χ1n) is 7.73. The molecule has 0 saturated heterocycles. The van der Waals surface area contributed by atoms with Crippen LogP contribution in [0.4, 0.5) is 5.82 Å². The van der Waals surface area contributed by atoms with E-state index in [0.717, 1.165) is 11.3 Å². The number of nitrogens with zero attached hydrogens (tertiary/aromatic N) is 2. The Bertz CT molecular complexity index is 850. The van der Waals surface area contributed by atoms with E-state index in [1.54, 1.807) is 42.7 Å². The molecule has 124 valence electrons. The molecule has 3 rings (SSSR count). The summed E-state index contributed by atoms with van der Waals surface area (Å²) in [4.78, 5) is 32.3. The van der Waals surface area contributed by atoms with Gasteiger partial charge < -0.3 is 10.6 Å². The van der Waals surface area contributed by atoms with Crippen LogP contribution in [0.25, 0.3) is 11.3 Å². The SMILES string of the molecule is O=C(CNC(=O)c1ccccc1)Nc1ccc(-c2ccccn2)cn1. The number of nitrogens with one attached hydrogen (secondary N) is 2. The third kappa shape index (κ3) is 4.48. The second kappa shape index (κ2) is 7.83. The highest BCUT2D eigenvalue weighted by Crippen LogP contribution is 2.16. The van der Waals surface area contributed by atoms with E-state index < -0.39 is 0 Å². The molecule has 0 spiro atoms. The maximum absolute atomic E-state index is 11.9. The van der Waals surface area contributed by atoms with Crippen LogP contribution in [-0.4, -0.2) is 28.3 Å². The predicted octanol–water partition coefficient (Wildman–Crippen LogP) is 2.51. The van der Waals surface area contributed by atoms with Crippen molar-refractivity contribution in [3.8, 4) is 11.3 Å². The first-order chi connectivity index (χ1) is 12.2. The lowest BCUT2D eigenvalue weighted by atomic mass is 10.2. The normalized spacial score (nSPS) is 10.1. The van der Waals surface area contributed by atoms with E-state index in [4.69, 9.17) is 0 Å². The van der Waals surface area contributed by atoms with Crippen LogP contribution in [0.2, 0.25) is 0 Å². The molecule has 0 aliphatic carbocycles. The van der Waals surface area contributed by atoms with Gasteiger partial charge in [0, 0.05) is 23.5 Å². The number of aromatic nitrogens is 2. The highest BCUT2D eigenvalue weighted by atomic mass is 16.2. The predicted molar refractivity (Wildman–Crippen MR) is 94.9 cm³/mol. The Balaban J connectivity index is 1.54. The van der Waals surface area contributed by atoms with E-state index >= 15 is 0 Å². The van der Waals surface area contributed by atoms with Crippen molar-refractivity contribution in [2.75, 3.05) is 11.9 Å². The molecule has 2 N–H and O–H groups in total. The molecule has 0 unspecified atom stereocenters. The number of carbonyl (C=O) groups excluding carboxylic acids is 2. The number of amides is 2. The average molecular weight is 332 g/mol. The lowest BCUT2D eigenvalue weighted by molar-refractivity contribution is -0.115. The summed E-state index contributed by atoms with van der Waals surface area (Å²) < 4.78 is 0. The molecule has 0 bridgehead atoms. The molecule has 25 heavy (non-hydrogen) atoms. The molecular formula is C19H16N4O2. The summed E-state index contributed by atoms with van der Waals surface area (Å²) in [6.45, 7) is -0.128. The van der Waals surface area contributed by atoms with Gasteiger partial charge in [-0.1, -0.05) is 24.3 Å². The zero-order valence-electron chi connectivity index (χ0n) is 13.3. The van der Waals surface area contributed by atoms with Crippen molar-refractivity contribution >= 4 is 17.6 Å². The van der Waals surface area contributed by atoms with Crippen molar-refractivity contribution in [3.05, 3.63) is 78.6 Å². The van der Waals surface area contributed by atoms with Gasteiger partial charge in [0.15, 0.2) is 0 Å². The molecule has 0 saturated carbocycles. The molecule has 0 atom stereocenters. The maximum Gasteiger partial charge on any atom is 0.251 e. The van der Waals surface area contributed by atoms with E-state index in [0.29, 0.717) is 11.4 Å². The number of carbonyl (C=O) groups is 2. The van der Waals surface area contributed by atoms with Crippen molar-refractivity contribution in [1.82, 2.24) is 15.3 Å². The van der Waals surface area contributed by atoms with Gasteiger partial charge in [0.25, 0.3) is 5.91 Å². The van der Waals surface area contributed by atoms with Crippen LogP contribution >= 0.6 is 0 Å². The lowest BCUT2D eigenvalue weighted by Gasteiger charge is -2.07. The van der Waals surface area contributed by atoms with E-state index in [2.05, 4.69) is 20.6 Å². The molecule has 1 aromatic carbocycles. The van der Waals surface area contributed by atoms with Gasteiger partial charge >= 0.3 is 0 Å². The van der Waals surface area contributed by atoms with E-state index in [1.807, 2.05) is 30.3 Å². The number of anilines is 1. The first-order valence-corrected chi connectivity index (χ1v) is 7.73. The quantitative estimate of drug-likeness (QED) is 0.752. The third-order valence-electron chi connectivity index (χ3n) is 3.44. The Hall–Kier alpha value is -3.54. The minimum Gasteiger partial charge on any atom is -0.343 e. The molecule has 6 heteroatoms. The summed E-state index contributed by atoms with van der Waals surface area (Å²) in [5.41, 5.74) is 2.17. The minimum atomic E-state index is -0.345. The van der Waals surface area contributed by atoms with E-state index in [1.165, 1.54) is 0 Å². The van der Waals surface area contributed by atoms with Crippen LogP contribution in [0.5, 0.6) is 0 Å². The van der Waals surface area contributed by atoms with Gasteiger partial charge in [-0.2, -0.15) is 0 Å². The van der Waals surface area contributed by atoms with Gasteiger partial charge in [-0.3, -0.25) is 14.6 Å². The Morgan fingerprint density at radius 1 is 0.880 bits per heavy atom. The summed E-state index contributed by atoms with van der Waals surface area (Å²) in [7, 11) is 0. The summed E-state index contributed by atoms with van der Waals surface area (Å²) >= 11 is 0. The molecule has 0 aliphatic heterocycles. The van der Waals surface area contributed by atoms with E-state index in [9.17, 15) is 9.59 Å². The van der Waals surface area contributed by atoms with Crippen LogP contribution in [0.3, 0.4) is 0 Å². The summed E-state index contributed by atoms with van der Waals surface area (Å²) in [6, 6.07) is 17.9. The fraction of sp³-hybridized carbons (Fsp3) is 0.0526. The number of hydrogen-bond acceptors (Lipinski definition) is 4. The molecule has 0 radical (unpaired) electrons. The van der Waals surface area contributed by atoms with Crippen LogP contribution < -0.4 is 10.6 Å². The lowest BCUT2D eigenvalue weighted by Crippen LogP contribution is -2.32.